The van der Waals surface area contributed by atoms with Crippen LogP contribution in [0.25, 0.3) is 11.1 Å². The highest BCUT2D eigenvalue weighted by Crippen LogP contribution is 2.37. The van der Waals surface area contributed by atoms with Gasteiger partial charge in [0.1, 0.15) is 49.0 Å². The van der Waals surface area contributed by atoms with Crippen LogP contribution < -0.4 is 29.7 Å². The Bertz CT molecular complexity index is 3180. The molecule has 4 aliphatic rings. The maximum absolute atomic E-state index is 14.6. The number of fused-ring (bicyclic) bond motifs is 1. The second-order valence-corrected chi connectivity index (χ2v) is 26.3. The Balaban J connectivity index is 0.687. The summed E-state index contributed by atoms with van der Waals surface area (Å²) in [5, 5.41) is 6.38. The number of carbonyl (C=O) groups is 4. The molecule has 1 unspecified atom stereocenters. The standard InChI is InChI=1S/C74H101N7O11/c1-10-80(61-32-37-86-38-33-61)66-47-60(46-64(53(66)4)70(83)75-48-65-51(2)45-52(3)76-71(65)91-50-56-17-13-11-14-18-56)57-23-27-63(28-24-57)90-44-42-88-40-39-87-41-43-89-62-25-21-55(22-26-62)29-34-79-35-30-58-31-36-81(67(58)49-79)72(84)68(59-19-15-12-16-20-59)77-69(82)54(5)78(9)73(85)92-74(6,7)8/h11,13-14,17-18,21-28,45-47,54,58-59,61,67-68H,10,12,15-16,19-20,29-44,48-50H2,1-9H3,(H,75,83)(H,77,82)/t54-,58+,67?,68-/m0/s1. The smallest absolute Gasteiger partial charge is 0.410 e. The zero-order valence-corrected chi connectivity index (χ0v) is 56.1. The molecular formula is C74H101N7O11. The maximum atomic E-state index is 14.6. The molecule has 4 atom stereocenters. The highest BCUT2D eigenvalue weighted by Gasteiger charge is 2.45. The number of piperidine rings is 1. The number of rotatable bonds is 29. The number of ether oxygens (including phenoxy) is 7. The molecule has 0 bridgehead atoms. The zero-order chi connectivity index (χ0) is 65.2. The van der Waals surface area contributed by atoms with Gasteiger partial charge in [-0.05, 0) is 195 Å². The molecule has 4 fully saturated rings. The fourth-order valence-electron chi connectivity index (χ4n) is 13.4. The molecule has 4 heterocycles. The van der Waals surface area contributed by atoms with Gasteiger partial charge in [-0.1, -0.05) is 73.9 Å². The van der Waals surface area contributed by atoms with E-state index in [1.54, 1.807) is 34.7 Å². The van der Waals surface area contributed by atoms with E-state index in [1.165, 1.54) is 10.5 Å². The van der Waals surface area contributed by atoms with Crippen molar-refractivity contribution in [1.82, 2.24) is 30.3 Å². The van der Waals surface area contributed by atoms with Crippen molar-refractivity contribution in [2.45, 2.75) is 163 Å². The molecule has 4 aromatic carbocycles. The molecule has 18 heteroatoms. The number of benzene rings is 4. The Labute approximate surface area is 546 Å². The number of nitrogens with zero attached hydrogens (tertiary/aromatic N) is 5. The summed E-state index contributed by atoms with van der Waals surface area (Å²) < 4.78 is 41.3. The fraction of sp³-hybridized carbons (Fsp3) is 0.554. The van der Waals surface area contributed by atoms with Crippen LogP contribution in [-0.2, 0) is 48.1 Å². The summed E-state index contributed by atoms with van der Waals surface area (Å²) in [5.74, 6) is 2.08. The first-order chi connectivity index (χ1) is 44.4. The van der Waals surface area contributed by atoms with Crippen LogP contribution in [-0.4, -0.2) is 166 Å². The Hall–Kier alpha value is -7.25. The number of hydrogen-bond donors (Lipinski definition) is 2. The van der Waals surface area contributed by atoms with Crippen molar-refractivity contribution in [2.75, 3.05) is 97.5 Å². The van der Waals surface area contributed by atoms with E-state index < -0.39 is 23.8 Å². The van der Waals surface area contributed by atoms with Crippen LogP contribution in [0.2, 0.25) is 0 Å². The van der Waals surface area contributed by atoms with E-state index in [-0.39, 0.29) is 36.2 Å². The van der Waals surface area contributed by atoms with Gasteiger partial charge >= 0.3 is 6.09 Å². The molecule has 4 amide bonds. The van der Waals surface area contributed by atoms with Crippen molar-refractivity contribution < 1.29 is 52.3 Å². The van der Waals surface area contributed by atoms with E-state index in [0.717, 1.165) is 147 Å². The molecule has 1 aliphatic carbocycles. The highest BCUT2D eigenvalue weighted by atomic mass is 16.6. The first kappa shape index (κ1) is 69.1. The van der Waals surface area contributed by atoms with E-state index in [9.17, 15) is 19.2 Å². The predicted molar refractivity (Wildman–Crippen MR) is 359 cm³/mol. The lowest BCUT2D eigenvalue weighted by molar-refractivity contribution is -0.141. The van der Waals surface area contributed by atoms with Gasteiger partial charge in [0.2, 0.25) is 17.7 Å². The summed E-state index contributed by atoms with van der Waals surface area (Å²) in [6, 6.07) is 31.5. The molecule has 1 aromatic heterocycles. The van der Waals surface area contributed by atoms with Crippen LogP contribution in [0.5, 0.6) is 17.4 Å². The summed E-state index contributed by atoms with van der Waals surface area (Å²) >= 11 is 0. The van der Waals surface area contributed by atoms with Gasteiger partial charge in [-0.2, -0.15) is 0 Å². The molecule has 0 spiro atoms. The number of pyridine rings is 1. The minimum Gasteiger partial charge on any atom is -0.491 e. The second-order valence-electron chi connectivity index (χ2n) is 26.3. The minimum absolute atomic E-state index is 0.0198. The van der Waals surface area contributed by atoms with Gasteiger partial charge in [-0.3, -0.25) is 19.3 Å². The normalized spacial score (nSPS) is 17.9. The van der Waals surface area contributed by atoms with E-state index in [1.807, 2.05) is 99.6 Å². The van der Waals surface area contributed by atoms with Crippen LogP contribution >= 0.6 is 0 Å². The third-order valence-electron chi connectivity index (χ3n) is 18.7. The summed E-state index contributed by atoms with van der Waals surface area (Å²) in [7, 11) is 1.57. The lowest BCUT2D eigenvalue weighted by Gasteiger charge is -2.41. The largest absolute Gasteiger partial charge is 0.491 e. The Morgan fingerprint density at radius 2 is 1.39 bits per heavy atom. The van der Waals surface area contributed by atoms with Crippen molar-refractivity contribution in [1.29, 1.82) is 0 Å². The van der Waals surface area contributed by atoms with Crippen LogP contribution in [0.4, 0.5) is 10.5 Å². The number of aryl methyl sites for hydroxylation is 2. The number of aromatic nitrogens is 1. The van der Waals surface area contributed by atoms with Gasteiger partial charge < -0.3 is 58.5 Å². The number of carbonyl (C=O) groups excluding carboxylic acids is 4. The lowest BCUT2D eigenvalue weighted by atomic mass is 9.83. The van der Waals surface area contributed by atoms with Gasteiger partial charge in [-0.25, -0.2) is 9.78 Å². The summed E-state index contributed by atoms with van der Waals surface area (Å²) in [5.41, 5.74) is 8.79. The first-order valence-corrected chi connectivity index (χ1v) is 33.7. The molecule has 92 heavy (non-hydrogen) atoms. The van der Waals surface area contributed by atoms with E-state index in [2.05, 4.69) is 50.5 Å². The number of nitrogens with one attached hydrogen (secondary N) is 2. The Morgan fingerprint density at radius 1 is 0.739 bits per heavy atom. The minimum atomic E-state index is -0.795. The number of likely N-dealkylation sites (N-methyl/N-ethyl adjacent to an activating group) is 1. The monoisotopic (exact) mass is 1260 g/mol. The lowest BCUT2D eigenvalue weighted by Crippen LogP contribution is -2.59. The van der Waals surface area contributed by atoms with Crippen molar-refractivity contribution in [3.63, 3.8) is 0 Å². The SMILES string of the molecule is CCN(c1cc(-c2ccc(OCCOCCOCCOc3ccc(CCN4CC[C@@H]5CCN(C(=O)[C@@H](NC(=O)[C@H](C)N(C)C(=O)OC(C)(C)C)C6CCCCC6)C5C4)cc3)cc2)cc(C(=O)NCc2c(C)cc(C)nc2OCc2ccccc2)c1C)C1CCOCC1. The van der Waals surface area contributed by atoms with Crippen LogP contribution in [0.3, 0.4) is 0 Å². The number of hydrogen-bond acceptors (Lipinski definition) is 14. The molecule has 3 saturated heterocycles. The predicted octanol–water partition coefficient (Wildman–Crippen LogP) is 11.5. The molecule has 5 aromatic rings. The average molecular weight is 1260 g/mol. The van der Waals surface area contributed by atoms with Crippen LogP contribution in [0, 0.1) is 32.6 Å². The van der Waals surface area contributed by atoms with Gasteiger partial charge in [0, 0.05) is 87.6 Å². The Morgan fingerprint density at radius 3 is 2.05 bits per heavy atom. The van der Waals surface area contributed by atoms with Crippen LogP contribution in [0.15, 0.2) is 97.1 Å². The van der Waals surface area contributed by atoms with Gasteiger partial charge in [0.05, 0.1) is 26.4 Å². The second kappa shape index (κ2) is 33.5. The van der Waals surface area contributed by atoms with E-state index in [4.69, 9.17) is 38.1 Å². The van der Waals surface area contributed by atoms with Gasteiger partial charge in [0.25, 0.3) is 5.91 Å². The zero-order valence-electron chi connectivity index (χ0n) is 56.1. The van der Waals surface area contributed by atoms with E-state index >= 15 is 0 Å². The van der Waals surface area contributed by atoms with E-state index in [0.29, 0.717) is 89.4 Å². The van der Waals surface area contributed by atoms with Crippen molar-refractivity contribution in [3.8, 4) is 28.5 Å². The summed E-state index contributed by atoms with van der Waals surface area (Å²) in [6.07, 6.45) is 9.21. The summed E-state index contributed by atoms with van der Waals surface area (Å²) in [6.45, 7) is 24.1. The number of anilines is 1. The molecule has 9 rings (SSSR count). The Kier molecular flexibility index (Phi) is 25.2. The molecule has 498 valence electrons. The molecular weight excluding hydrogens is 1160 g/mol. The van der Waals surface area contributed by atoms with Crippen LogP contribution in [0.1, 0.15) is 136 Å². The highest BCUT2D eigenvalue weighted by molar-refractivity contribution is 5.99. The first-order valence-electron chi connectivity index (χ1n) is 33.7. The van der Waals surface area contributed by atoms with Crippen molar-refractivity contribution >= 4 is 29.5 Å². The maximum Gasteiger partial charge on any atom is 0.410 e. The third-order valence-corrected chi connectivity index (χ3v) is 18.7. The third kappa shape index (κ3) is 19.2. The fourth-order valence-corrected chi connectivity index (χ4v) is 13.4. The molecule has 1 saturated carbocycles. The molecule has 2 N–H and O–H groups in total. The molecule has 0 radical (unpaired) electrons. The topological polar surface area (TPSA) is 183 Å². The van der Waals surface area contributed by atoms with Crippen molar-refractivity contribution in [2.24, 2.45) is 11.8 Å². The molecule has 18 nitrogen and oxygen atoms in total. The van der Waals surface area contributed by atoms with Gasteiger partial charge in [-0.15, -0.1) is 0 Å². The number of amides is 4. The molecule has 3 aliphatic heterocycles. The number of likely N-dealkylation sites (tertiary alicyclic amines) is 2. The van der Waals surface area contributed by atoms with Gasteiger partial charge in [0.15, 0.2) is 0 Å². The average Bonchev–Trinajstić information content (AvgIpc) is 1.30. The quantitative estimate of drug-likeness (QED) is 0.0431. The van der Waals surface area contributed by atoms with Crippen molar-refractivity contribution in [3.05, 3.63) is 136 Å². The summed E-state index contributed by atoms with van der Waals surface area (Å²) in [4.78, 5) is 68.7.